The van der Waals surface area contributed by atoms with Crippen molar-refractivity contribution in [2.45, 2.75) is 25.5 Å². The van der Waals surface area contributed by atoms with E-state index in [0.29, 0.717) is 40.3 Å². The summed E-state index contributed by atoms with van der Waals surface area (Å²) in [5.74, 6) is 1.38. The molecule has 0 saturated heterocycles. The lowest BCUT2D eigenvalue weighted by Gasteiger charge is -2.13. The molecular formula is C22H25FN4O3S. The molecule has 9 heteroatoms. The van der Waals surface area contributed by atoms with E-state index in [1.807, 2.05) is 4.57 Å². The lowest BCUT2D eigenvalue weighted by molar-refractivity contribution is -0.113. The van der Waals surface area contributed by atoms with Gasteiger partial charge in [-0.15, -0.1) is 10.2 Å². The second-order valence-electron chi connectivity index (χ2n) is 7.19. The maximum absolute atomic E-state index is 14.3. The maximum atomic E-state index is 14.3. The molecule has 1 aromatic heterocycles. The first-order chi connectivity index (χ1) is 14.9. The van der Waals surface area contributed by atoms with E-state index in [2.05, 4.69) is 29.4 Å². The number of amides is 1. The molecule has 2 aromatic carbocycles. The first-order valence-corrected chi connectivity index (χ1v) is 10.7. The van der Waals surface area contributed by atoms with Crippen LogP contribution >= 0.6 is 11.8 Å². The fourth-order valence-corrected chi connectivity index (χ4v) is 3.74. The first-order valence-electron chi connectivity index (χ1n) is 9.75. The van der Waals surface area contributed by atoms with E-state index in [1.54, 1.807) is 43.5 Å². The number of hydrogen-bond donors (Lipinski definition) is 1. The van der Waals surface area contributed by atoms with E-state index in [1.165, 1.54) is 24.9 Å². The Morgan fingerprint density at radius 2 is 1.94 bits per heavy atom. The van der Waals surface area contributed by atoms with Crippen molar-refractivity contribution >= 4 is 23.4 Å². The molecular weight excluding hydrogens is 419 g/mol. The van der Waals surface area contributed by atoms with Crippen LogP contribution < -0.4 is 14.8 Å². The van der Waals surface area contributed by atoms with Crippen molar-refractivity contribution in [3.63, 3.8) is 0 Å². The van der Waals surface area contributed by atoms with Gasteiger partial charge in [-0.05, 0) is 30.2 Å². The summed E-state index contributed by atoms with van der Waals surface area (Å²) in [5, 5.41) is 11.8. The molecule has 1 N–H and O–H groups in total. The van der Waals surface area contributed by atoms with Gasteiger partial charge in [-0.1, -0.05) is 37.7 Å². The first kappa shape index (κ1) is 22.6. The summed E-state index contributed by atoms with van der Waals surface area (Å²) in [5.41, 5.74) is 0.899. The monoisotopic (exact) mass is 444 g/mol. The highest BCUT2D eigenvalue weighted by molar-refractivity contribution is 7.99. The zero-order valence-electron chi connectivity index (χ0n) is 17.9. The molecule has 1 heterocycles. The van der Waals surface area contributed by atoms with Gasteiger partial charge < -0.3 is 19.4 Å². The van der Waals surface area contributed by atoms with Gasteiger partial charge in [-0.3, -0.25) is 4.79 Å². The van der Waals surface area contributed by atoms with Crippen LogP contribution in [-0.2, 0) is 11.3 Å². The summed E-state index contributed by atoms with van der Waals surface area (Å²) >= 11 is 1.24. The number of nitrogens with zero attached hydrogens (tertiary/aromatic N) is 3. The van der Waals surface area contributed by atoms with Gasteiger partial charge in [0.1, 0.15) is 17.3 Å². The third kappa shape index (κ3) is 5.55. The number of hydrogen-bond acceptors (Lipinski definition) is 6. The summed E-state index contributed by atoms with van der Waals surface area (Å²) < 4.78 is 26.7. The number of thioether (sulfide) groups is 1. The molecule has 3 rings (SSSR count). The van der Waals surface area contributed by atoms with E-state index in [-0.39, 0.29) is 23.4 Å². The standard InChI is InChI=1S/C22H25FN4O3S/c1-14(2)12-27-21(16-7-5-6-8-17(16)23)25-26-22(27)31-13-20(28)24-18-11-15(29-3)9-10-19(18)30-4/h5-11,14H,12-13H2,1-4H3,(H,24,28). The molecule has 0 unspecified atom stereocenters. The summed E-state index contributed by atoms with van der Waals surface area (Å²) in [6, 6.07) is 11.6. The van der Waals surface area contributed by atoms with Gasteiger partial charge in [0.05, 0.1) is 31.2 Å². The lowest BCUT2D eigenvalue weighted by atomic mass is 10.2. The molecule has 0 radical (unpaired) electrons. The fourth-order valence-electron chi connectivity index (χ4n) is 3.00. The number of carbonyl (C=O) groups excluding carboxylic acids is 1. The van der Waals surface area contributed by atoms with Crippen molar-refractivity contribution in [1.82, 2.24) is 14.8 Å². The molecule has 0 bridgehead atoms. The molecule has 0 aliphatic carbocycles. The predicted molar refractivity (Wildman–Crippen MR) is 119 cm³/mol. The lowest BCUT2D eigenvalue weighted by Crippen LogP contribution is -2.16. The van der Waals surface area contributed by atoms with Crippen LogP contribution in [0, 0.1) is 11.7 Å². The van der Waals surface area contributed by atoms with Crippen LogP contribution in [0.3, 0.4) is 0 Å². The number of methoxy groups -OCH3 is 2. The van der Waals surface area contributed by atoms with E-state index in [0.717, 1.165) is 0 Å². The largest absolute Gasteiger partial charge is 0.497 e. The Labute approximate surface area is 185 Å². The smallest absolute Gasteiger partial charge is 0.234 e. The van der Waals surface area contributed by atoms with E-state index in [9.17, 15) is 9.18 Å². The highest BCUT2D eigenvalue weighted by Crippen LogP contribution is 2.30. The van der Waals surface area contributed by atoms with Crippen LogP contribution in [0.5, 0.6) is 11.5 Å². The molecule has 7 nitrogen and oxygen atoms in total. The third-order valence-electron chi connectivity index (χ3n) is 4.39. The number of rotatable bonds is 9. The van der Waals surface area contributed by atoms with Gasteiger partial charge in [0, 0.05) is 12.6 Å². The Bertz CT molecular complexity index is 1050. The number of carbonyl (C=O) groups is 1. The van der Waals surface area contributed by atoms with Crippen LogP contribution in [0.4, 0.5) is 10.1 Å². The quantitative estimate of drug-likeness (QED) is 0.490. The number of anilines is 1. The van der Waals surface area contributed by atoms with Gasteiger partial charge in [-0.25, -0.2) is 4.39 Å². The van der Waals surface area contributed by atoms with Crippen molar-refractivity contribution in [1.29, 1.82) is 0 Å². The van der Waals surface area contributed by atoms with Crippen molar-refractivity contribution in [2.75, 3.05) is 25.3 Å². The second kappa shape index (κ2) is 10.3. The van der Waals surface area contributed by atoms with Crippen molar-refractivity contribution in [3.8, 4) is 22.9 Å². The highest BCUT2D eigenvalue weighted by atomic mass is 32.2. The number of benzene rings is 2. The maximum Gasteiger partial charge on any atom is 0.234 e. The average Bonchev–Trinajstić information content (AvgIpc) is 3.14. The van der Waals surface area contributed by atoms with E-state index in [4.69, 9.17) is 9.47 Å². The van der Waals surface area contributed by atoms with Gasteiger partial charge in [0.15, 0.2) is 11.0 Å². The molecule has 0 fully saturated rings. The molecule has 0 atom stereocenters. The third-order valence-corrected chi connectivity index (χ3v) is 5.36. The molecule has 3 aromatic rings. The van der Waals surface area contributed by atoms with E-state index < -0.39 is 0 Å². The number of nitrogens with one attached hydrogen (secondary N) is 1. The average molecular weight is 445 g/mol. The molecule has 0 saturated carbocycles. The molecule has 31 heavy (non-hydrogen) atoms. The zero-order chi connectivity index (χ0) is 22.4. The van der Waals surface area contributed by atoms with Gasteiger partial charge in [0.2, 0.25) is 5.91 Å². The van der Waals surface area contributed by atoms with Crippen LogP contribution in [0.1, 0.15) is 13.8 Å². The minimum Gasteiger partial charge on any atom is -0.497 e. The minimum absolute atomic E-state index is 0.105. The Hall–Kier alpha value is -3.07. The topological polar surface area (TPSA) is 78.3 Å². The van der Waals surface area contributed by atoms with Crippen molar-refractivity contribution in [2.24, 2.45) is 5.92 Å². The number of halogens is 1. The fraction of sp³-hybridized carbons (Fsp3) is 0.318. The summed E-state index contributed by atoms with van der Waals surface area (Å²) in [7, 11) is 3.09. The molecule has 164 valence electrons. The van der Waals surface area contributed by atoms with Crippen LogP contribution in [0.2, 0.25) is 0 Å². The number of ether oxygens (including phenoxy) is 2. The Kier molecular flexibility index (Phi) is 7.51. The molecule has 0 spiro atoms. The van der Waals surface area contributed by atoms with Gasteiger partial charge >= 0.3 is 0 Å². The summed E-state index contributed by atoms with van der Waals surface area (Å²) in [4.78, 5) is 12.6. The molecule has 1 amide bonds. The Morgan fingerprint density at radius 3 is 2.61 bits per heavy atom. The van der Waals surface area contributed by atoms with Gasteiger partial charge in [0.25, 0.3) is 0 Å². The van der Waals surface area contributed by atoms with Crippen molar-refractivity contribution < 1.29 is 18.7 Å². The number of aromatic nitrogens is 3. The summed E-state index contributed by atoms with van der Waals surface area (Å²) in [6.45, 7) is 4.72. The van der Waals surface area contributed by atoms with Crippen LogP contribution in [0.25, 0.3) is 11.4 Å². The highest BCUT2D eigenvalue weighted by Gasteiger charge is 2.19. The molecule has 0 aliphatic heterocycles. The summed E-state index contributed by atoms with van der Waals surface area (Å²) in [6.07, 6.45) is 0. The Balaban J connectivity index is 1.77. The predicted octanol–water partition coefficient (Wildman–Crippen LogP) is 4.49. The zero-order valence-corrected chi connectivity index (χ0v) is 18.7. The van der Waals surface area contributed by atoms with Crippen LogP contribution in [-0.4, -0.2) is 40.6 Å². The SMILES string of the molecule is COc1ccc(OC)c(NC(=O)CSc2nnc(-c3ccccc3F)n2CC(C)C)c1. The second-order valence-corrected chi connectivity index (χ2v) is 8.14. The van der Waals surface area contributed by atoms with Crippen molar-refractivity contribution in [3.05, 3.63) is 48.3 Å². The molecule has 0 aliphatic rings. The van der Waals surface area contributed by atoms with E-state index >= 15 is 0 Å². The van der Waals surface area contributed by atoms with Gasteiger partial charge in [-0.2, -0.15) is 0 Å². The normalized spacial score (nSPS) is 10.9. The Morgan fingerprint density at radius 1 is 1.16 bits per heavy atom. The minimum atomic E-state index is -0.362. The van der Waals surface area contributed by atoms with Crippen LogP contribution in [0.15, 0.2) is 47.6 Å².